The number of hydrogen-bond acceptors (Lipinski definition) is 4. The van der Waals surface area contributed by atoms with Gasteiger partial charge in [0.2, 0.25) is 0 Å². The van der Waals surface area contributed by atoms with Crippen LogP contribution in [-0.2, 0) is 9.53 Å². The Kier molecular flexibility index (Phi) is 5.53. The van der Waals surface area contributed by atoms with Gasteiger partial charge >= 0.3 is 0 Å². The van der Waals surface area contributed by atoms with Crippen LogP contribution in [0.15, 0.2) is 30.3 Å². The van der Waals surface area contributed by atoms with E-state index in [-0.39, 0.29) is 25.6 Å². The molecule has 1 N–H and O–H groups in total. The summed E-state index contributed by atoms with van der Waals surface area (Å²) in [6.07, 6.45) is -0.541. The molecule has 1 rings (SSSR count). The fourth-order valence-corrected chi connectivity index (χ4v) is 1.12. The van der Waals surface area contributed by atoms with E-state index in [2.05, 4.69) is 0 Å². The number of Topliss-reactive ketones (excluding diaryl/α,β-unsaturated/α-hetero) is 1. The van der Waals surface area contributed by atoms with Crippen LogP contribution in [0.3, 0.4) is 0 Å². The van der Waals surface area contributed by atoms with E-state index in [1.807, 2.05) is 18.2 Å². The quantitative estimate of drug-likeness (QED) is 0.703. The molecule has 0 spiro atoms. The zero-order chi connectivity index (χ0) is 11.8. The van der Waals surface area contributed by atoms with Crippen molar-refractivity contribution >= 4 is 5.78 Å². The van der Waals surface area contributed by atoms with Gasteiger partial charge in [-0.1, -0.05) is 18.2 Å². The average Bonchev–Trinajstić information content (AvgIpc) is 2.30. The third-order valence-electron chi connectivity index (χ3n) is 1.99. The highest BCUT2D eigenvalue weighted by molar-refractivity contribution is 5.84. The summed E-state index contributed by atoms with van der Waals surface area (Å²) < 4.78 is 10.3. The highest BCUT2D eigenvalue weighted by Gasteiger charge is 2.14. The average molecular weight is 224 g/mol. The van der Waals surface area contributed by atoms with Gasteiger partial charge in [-0.15, -0.1) is 0 Å². The Labute approximate surface area is 94.8 Å². The van der Waals surface area contributed by atoms with Crippen molar-refractivity contribution in [2.24, 2.45) is 0 Å². The lowest BCUT2D eigenvalue weighted by Gasteiger charge is -2.13. The maximum atomic E-state index is 11.5. The topological polar surface area (TPSA) is 55.8 Å². The highest BCUT2D eigenvalue weighted by Crippen LogP contribution is 2.11. The monoisotopic (exact) mass is 224 g/mol. The number of aliphatic hydroxyl groups excluding tert-OH is 1. The van der Waals surface area contributed by atoms with Gasteiger partial charge in [0, 0.05) is 0 Å². The fraction of sp³-hybridized carbons (Fsp3) is 0.417. The molecule has 0 amide bonds. The van der Waals surface area contributed by atoms with Gasteiger partial charge in [-0.25, -0.2) is 0 Å². The molecular formula is C12H16O4. The molecule has 0 saturated carbocycles. The molecule has 0 aliphatic rings. The van der Waals surface area contributed by atoms with Crippen LogP contribution in [0.5, 0.6) is 5.75 Å². The van der Waals surface area contributed by atoms with Gasteiger partial charge in [0.15, 0.2) is 11.9 Å². The van der Waals surface area contributed by atoms with E-state index in [0.29, 0.717) is 5.75 Å². The Balaban J connectivity index is 2.34. The van der Waals surface area contributed by atoms with Crippen molar-refractivity contribution in [2.45, 2.75) is 13.0 Å². The molecule has 1 atom stereocenters. The first-order valence-electron chi connectivity index (χ1n) is 5.17. The number of ketones is 1. The highest BCUT2D eigenvalue weighted by atomic mass is 16.5. The summed E-state index contributed by atoms with van der Waals surface area (Å²) >= 11 is 0. The standard InChI is InChI=1S/C12H16O4/c1-10(12(14)9-15-8-7-13)16-11-5-3-2-4-6-11/h2-6,10,13H,7-9H2,1H3. The van der Waals surface area contributed by atoms with Crippen LogP contribution in [-0.4, -0.2) is 36.8 Å². The molecule has 0 aromatic heterocycles. The molecule has 1 aromatic rings. The lowest BCUT2D eigenvalue weighted by atomic mass is 10.2. The smallest absolute Gasteiger partial charge is 0.198 e. The van der Waals surface area contributed by atoms with Gasteiger partial charge in [-0.2, -0.15) is 0 Å². The molecule has 1 unspecified atom stereocenters. The number of carbonyl (C=O) groups excluding carboxylic acids is 1. The summed E-state index contributed by atoms with van der Waals surface area (Å²) in [5.74, 6) is 0.516. The number of rotatable bonds is 7. The molecule has 16 heavy (non-hydrogen) atoms. The van der Waals surface area contributed by atoms with Crippen LogP contribution in [0.25, 0.3) is 0 Å². The molecule has 0 aliphatic heterocycles. The maximum absolute atomic E-state index is 11.5. The fourth-order valence-electron chi connectivity index (χ4n) is 1.12. The first-order valence-corrected chi connectivity index (χ1v) is 5.17. The Bertz CT molecular complexity index is 310. The summed E-state index contributed by atoms with van der Waals surface area (Å²) in [6, 6.07) is 9.14. The van der Waals surface area contributed by atoms with Crippen molar-refractivity contribution < 1.29 is 19.4 Å². The Morgan fingerprint density at radius 1 is 1.38 bits per heavy atom. The van der Waals surface area contributed by atoms with Gasteiger partial charge in [-0.05, 0) is 19.1 Å². The predicted octanol–water partition coefficient (Wildman–Crippen LogP) is 1.03. The van der Waals surface area contributed by atoms with E-state index in [4.69, 9.17) is 14.6 Å². The lowest BCUT2D eigenvalue weighted by molar-refractivity contribution is -0.130. The lowest BCUT2D eigenvalue weighted by Crippen LogP contribution is -2.28. The molecule has 0 radical (unpaired) electrons. The van der Waals surface area contributed by atoms with E-state index in [9.17, 15) is 4.79 Å². The molecular weight excluding hydrogens is 208 g/mol. The normalized spacial score (nSPS) is 12.1. The van der Waals surface area contributed by atoms with E-state index < -0.39 is 6.10 Å². The van der Waals surface area contributed by atoms with Gasteiger partial charge < -0.3 is 14.6 Å². The zero-order valence-electron chi connectivity index (χ0n) is 9.26. The minimum Gasteiger partial charge on any atom is -0.483 e. The molecule has 0 aliphatic carbocycles. The maximum Gasteiger partial charge on any atom is 0.198 e. The van der Waals surface area contributed by atoms with E-state index >= 15 is 0 Å². The molecule has 0 heterocycles. The molecule has 88 valence electrons. The number of aliphatic hydroxyl groups is 1. The first kappa shape index (κ1) is 12.7. The van der Waals surface area contributed by atoms with E-state index in [0.717, 1.165) is 0 Å². The van der Waals surface area contributed by atoms with Crippen molar-refractivity contribution in [2.75, 3.05) is 19.8 Å². The zero-order valence-corrected chi connectivity index (χ0v) is 9.26. The largest absolute Gasteiger partial charge is 0.483 e. The summed E-state index contributed by atoms with van der Waals surface area (Å²) in [6.45, 7) is 1.73. The first-order chi connectivity index (χ1) is 7.74. The Morgan fingerprint density at radius 2 is 2.06 bits per heavy atom. The number of benzene rings is 1. The van der Waals surface area contributed by atoms with Gasteiger partial charge in [-0.3, -0.25) is 4.79 Å². The van der Waals surface area contributed by atoms with Crippen molar-refractivity contribution in [3.05, 3.63) is 30.3 Å². The molecule has 4 heteroatoms. The van der Waals surface area contributed by atoms with Crippen LogP contribution in [0.2, 0.25) is 0 Å². The minimum absolute atomic E-state index is 0.0332. The van der Waals surface area contributed by atoms with Crippen molar-refractivity contribution in [3.63, 3.8) is 0 Å². The van der Waals surface area contributed by atoms with Crippen molar-refractivity contribution in [3.8, 4) is 5.75 Å². The van der Waals surface area contributed by atoms with Crippen LogP contribution in [0, 0.1) is 0 Å². The van der Waals surface area contributed by atoms with Crippen molar-refractivity contribution in [1.29, 1.82) is 0 Å². The second kappa shape index (κ2) is 6.98. The number of para-hydroxylation sites is 1. The number of ether oxygens (including phenoxy) is 2. The second-order valence-corrected chi connectivity index (χ2v) is 3.32. The van der Waals surface area contributed by atoms with Crippen LogP contribution < -0.4 is 4.74 Å². The van der Waals surface area contributed by atoms with Crippen LogP contribution in [0.4, 0.5) is 0 Å². The Morgan fingerprint density at radius 3 is 2.69 bits per heavy atom. The molecule has 1 aromatic carbocycles. The third kappa shape index (κ3) is 4.42. The van der Waals surface area contributed by atoms with Crippen LogP contribution in [0.1, 0.15) is 6.92 Å². The summed E-state index contributed by atoms with van der Waals surface area (Å²) in [5, 5.41) is 8.49. The minimum atomic E-state index is -0.541. The van der Waals surface area contributed by atoms with E-state index in [1.54, 1.807) is 19.1 Å². The number of hydrogen-bond donors (Lipinski definition) is 1. The SMILES string of the molecule is CC(Oc1ccccc1)C(=O)COCCO. The molecule has 0 saturated heterocycles. The third-order valence-corrected chi connectivity index (χ3v) is 1.99. The molecule has 0 bridgehead atoms. The second-order valence-electron chi connectivity index (χ2n) is 3.32. The Hall–Kier alpha value is -1.39. The summed E-state index contributed by atoms with van der Waals surface area (Å²) in [5.41, 5.74) is 0. The molecule has 4 nitrogen and oxygen atoms in total. The van der Waals surface area contributed by atoms with Gasteiger partial charge in [0.25, 0.3) is 0 Å². The van der Waals surface area contributed by atoms with Crippen LogP contribution >= 0.6 is 0 Å². The summed E-state index contributed by atoms with van der Waals surface area (Å²) in [7, 11) is 0. The predicted molar refractivity (Wildman–Crippen MR) is 59.4 cm³/mol. The van der Waals surface area contributed by atoms with E-state index in [1.165, 1.54) is 0 Å². The van der Waals surface area contributed by atoms with Gasteiger partial charge in [0.1, 0.15) is 12.4 Å². The van der Waals surface area contributed by atoms with Crippen molar-refractivity contribution in [1.82, 2.24) is 0 Å². The number of carbonyl (C=O) groups is 1. The summed E-state index contributed by atoms with van der Waals surface area (Å²) in [4.78, 5) is 11.5. The molecule has 0 fully saturated rings. The van der Waals surface area contributed by atoms with Gasteiger partial charge in [0.05, 0.1) is 13.2 Å².